The van der Waals surface area contributed by atoms with Crippen molar-refractivity contribution in [3.63, 3.8) is 0 Å². The lowest BCUT2D eigenvalue weighted by molar-refractivity contribution is -0.138. The first-order valence-electron chi connectivity index (χ1n) is 18.0. The van der Waals surface area contributed by atoms with Gasteiger partial charge in [-0.3, -0.25) is 43.5 Å². The highest BCUT2D eigenvalue weighted by atomic mass is 16.4. The maximum Gasteiger partial charge on any atom is 0.322 e. The fourth-order valence-electron chi connectivity index (χ4n) is 4.87. The molecular formula is C33H63N13O8. The maximum atomic E-state index is 13.8. The lowest BCUT2D eigenvalue weighted by atomic mass is 9.99. The monoisotopic (exact) mass is 769 g/mol. The third-order valence-corrected chi connectivity index (χ3v) is 7.72. The Balaban J connectivity index is 6.28. The number of nitrogens with two attached hydrogens (primary N) is 5. The number of carbonyl (C=O) groups is 7. The second kappa shape index (κ2) is 25.7. The fraction of sp³-hybridized carbons (Fsp3) is 0.727. The summed E-state index contributed by atoms with van der Waals surface area (Å²) in [7, 11) is 0. The zero-order valence-electron chi connectivity index (χ0n) is 32.3. The topological polar surface area (TPSA) is 367 Å². The molecule has 0 aliphatic rings. The van der Waals surface area contributed by atoms with Crippen LogP contribution < -0.4 is 60.6 Å². The van der Waals surface area contributed by atoms with E-state index in [-0.39, 0.29) is 81.3 Å². The third kappa shape index (κ3) is 22.0. The summed E-state index contributed by atoms with van der Waals surface area (Å²) in [6, 6.07) is -5.47. The number of hydrogen-bond donors (Lipinski definition) is 12. The molecule has 0 rings (SSSR count). The Kier molecular flexibility index (Phi) is 23.2. The van der Waals surface area contributed by atoms with Crippen molar-refractivity contribution in [3.8, 4) is 0 Å². The van der Waals surface area contributed by atoms with Crippen molar-refractivity contribution in [2.45, 2.75) is 110 Å². The number of aliphatic imine (C=N–C) groups is 2. The van der Waals surface area contributed by atoms with E-state index >= 15 is 0 Å². The van der Waals surface area contributed by atoms with Crippen molar-refractivity contribution in [2.24, 2.45) is 56.4 Å². The van der Waals surface area contributed by atoms with Gasteiger partial charge in [-0.2, -0.15) is 0 Å². The van der Waals surface area contributed by atoms with Gasteiger partial charge in [0.2, 0.25) is 35.4 Å². The van der Waals surface area contributed by atoms with E-state index in [1.165, 1.54) is 0 Å². The first-order valence-corrected chi connectivity index (χ1v) is 18.0. The number of nitrogens with zero attached hydrogens (tertiary/aromatic N) is 2. The molecule has 0 radical (unpaired) electrons. The number of carboxylic acids is 1. The summed E-state index contributed by atoms with van der Waals surface area (Å²) in [6.45, 7) is 9.95. The molecule has 0 heterocycles. The quantitative estimate of drug-likeness (QED) is 0.0230. The minimum atomic E-state index is -1.28. The number of hydrogen-bond acceptors (Lipinski definition) is 10. The van der Waals surface area contributed by atoms with Crippen molar-refractivity contribution in [3.05, 3.63) is 0 Å². The maximum absolute atomic E-state index is 13.8. The van der Waals surface area contributed by atoms with Crippen LogP contribution in [0.3, 0.4) is 0 Å². The lowest BCUT2D eigenvalue weighted by Crippen LogP contribution is -2.59. The van der Waals surface area contributed by atoms with Gasteiger partial charge in [0.05, 0.1) is 12.6 Å². The van der Waals surface area contributed by atoms with E-state index in [0.29, 0.717) is 0 Å². The van der Waals surface area contributed by atoms with Crippen LogP contribution in [0.15, 0.2) is 9.98 Å². The number of amides is 6. The summed E-state index contributed by atoms with van der Waals surface area (Å²) < 4.78 is 0. The first-order chi connectivity index (χ1) is 25.1. The second-order valence-electron chi connectivity index (χ2n) is 14.1. The van der Waals surface area contributed by atoms with Gasteiger partial charge < -0.3 is 65.7 Å². The minimum absolute atomic E-state index is 0.0201. The van der Waals surface area contributed by atoms with Crippen LogP contribution in [0.4, 0.5) is 0 Å². The third-order valence-electron chi connectivity index (χ3n) is 7.72. The molecule has 308 valence electrons. The number of rotatable bonds is 26. The highest BCUT2D eigenvalue weighted by molar-refractivity contribution is 5.96. The van der Waals surface area contributed by atoms with E-state index in [9.17, 15) is 33.6 Å². The largest absolute Gasteiger partial charge is 0.480 e. The molecular weight excluding hydrogens is 706 g/mol. The smallest absolute Gasteiger partial charge is 0.322 e. The molecule has 0 unspecified atom stereocenters. The van der Waals surface area contributed by atoms with Crippen molar-refractivity contribution in [2.75, 3.05) is 26.2 Å². The molecule has 0 bridgehead atoms. The molecule has 0 fully saturated rings. The van der Waals surface area contributed by atoms with E-state index < -0.39 is 84.7 Å². The highest BCUT2D eigenvalue weighted by Crippen LogP contribution is 2.11. The lowest BCUT2D eigenvalue weighted by Gasteiger charge is -2.28. The minimum Gasteiger partial charge on any atom is -0.480 e. The number of carbonyl (C=O) groups excluding carboxylic acids is 6. The Bertz CT molecular complexity index is 1310. The summed E-state index contributed by atoms with van der Waals surface area (Å²) in [5, 5.41) is 24.0. The molecule has 0 spiro atoms. The molecule has 6 amide bonds. The highest BCUT2D eigenvalue weighted by Gasteiger charge is 2.32. The zero-order valence-corrected chi connectivity index (χ0v) is 32.3. The summed E-state index contributed by atoms with van der Waals surface area (Å²) >= 11 is 0. The molecule has 0 saturated heterocycles. The standard InChI is InChI=1S/C33H63N13O8/c1-17(2)13-22(29(52)43-20(9-7-11-39-32(35)36)27(50)42-15-24(47)41-16-25(48)49)45-28(51)21(10-8-12-40-33(37)38)44-30(53)23(14-18(3)4)46-31(54)26(34)19(5)6/h17-23,26H,7-16,34H2,1-6H3,(H,41,47)(H,42,50)(H,43,52)(H,44,53)(H,45,51)(H,46,54)(H,48,49)(H4,35,36,39)(H4,37,38,40)/t20-,21-,22-,23-,26-/m0/s1. The molecule has 17 N–H and O–H groups in total. The van der Waals surface area contributed by atoms with Gasteiger partial charge in [-0.1, -0.05) is 41.5 Å². The number of aliphatic carboxylic acids is 1. The van der Waals surface area contributed by atoms with Crippen LogP contribution >= 0.6 is 0 Å². The molecule has 0 aromatic heterocycles. The van der Waals surface area contributed by atoms with Gasteiger partial charge >= 0.3 is 5.97 Å². The summed E-state index contributed by atoms with van der Waals surface area (Å²) in [5.41, 5.74) is 27.7. The summed E-state index contributed by atoms with van der Waals surface area (Å²) in [5.74, 6) is -6.08. The normalized spacial score (nSPS) is 13.7. The first kappa shape index (κ1) is 48.8. The van der Waals surface area contributed by atoms with Crippen molar-refractivity contribution in [1.29, 1.82) is 0 Å². The van der Waals surface area contributed by atoms with Gasteiger partial charge in [0.1, 0.15) is 30.7 Å². The van der Waals surface area contributed by atoms with Crippen LogP contribution in [0.2, 0.25) is 0 Å². The van der Waals surface area contributed by atoms with Gasteiger partial charge in [0.15, 0.2) is 11.9 Å². The average Bonchev–Trinajstić information content (AvgIpc) is 3.06. The van der Waals surface area contributed by atoms with Crippen LogP contribution in [-0.4, -0.2) is 115 Å². The molecule has 0 aromatic carbocycles. The number of nitrogens with one attached hydrogen (secondary N) is 6. The van der Waals surface area contributed by atoms with Crippen LogP contribution in [0.25, 0.3) is 0 Å². The van der Waals surface area contributed by atoms with Gasteiger partial charge in [0, 0.05) is 13.1 Å². The Labute approximate surface area is 316 Å². The van der Waals surface area contributed by atoms with Gasteiger partial charge in [-0.15, -0.1) is 0 Å². The zero-order chi connectivity index (χ0) is 41.5. The Hall–Kier alpha value is -5.21. The Morgan fingerprint density at radius 3 is 1.33 bits per heavy atom. The number of carboxylic acid groups (broad SMARTS) is 1. The van der Waals surface area contributed by atoms with Crippen molar-refractivity contribution in [1.82, 2.24) is 31.9 Å². The second-order valence-corrected chi connectivity index (χ2v) is 14.1. The van der Waals surface area contributed by atoms with Crippen LogP contribution in [0, 0.1) is 17.8 Å². The van der Waals surface area contributed by atoms with E-state index in [2.05, 4.69) is 41.9 Å². The van der Waals surface area contributed by atoms with E-state index in [4.69, 9.17) is 33.8 Å². The van der Waals surface area contributed by atoms with Crippen LogP contribution in [0.1, 0.15) is 80.1 Å². The SMILES string of the molecule is CC(C)C[C@H](NC(=O)[C@H](CCCN=C(N)N)NC(=O)[C@H](CC(C)C)NC(=O)[C@@H](N)C(C)C)C(=O)N[C@@H](CCCN=C(N)N)C(=O)NCC(=O)NCC(=O)O. The summed E-state index contributed by atoms with van der Waals surface area (Å²) in [4.78, 5) is 97.7. The van der Waals surface area contributed by atoms with Crippen molar-refractivity contribution >= 4 is 53.3 Å². The molecule has 0 aliphatic heterocycles. The van der Waals surface area contributed by atoms with E-state index in [0.717, 1.165) is 0 Å². The van der Waals surface area contributed by atoms with Crippen LogP contribution in [-0.2, 0) is 33.6 Å². The molecule has 0 saturated carbocycles. The van der Waals surface area contributed by atoms with E-state index in [1.807, 2.05) is 27.7 Å². The average molecular weight is 770 g/mol. The van der Waals surface area contributed by atoms with E-state index in [1.54, 1.807) is 13.8 Å². The van der Waals surface area contributed by atoms with Gasteiger partial charge in [0.25, 0.3) is 0 Å². The number of guanidine groups is 2. The fourth-order valence-corrected chi connectivity index (χ4v) is 4.87. The van der Waals surface area contributed by atoms with Gasteiger partial charge in [-0.25, -0.2) is 0 Å². The molecule has 0 aromatic rings. The predicted octanol–water partition coefficient (Wildman–Crippen LogP) is -3.57. The Morgan fingerprint density at radius 1 is 0.556 bits per heavy atom. The summed E-state index contributed by atoms with van der Waals surface area (Å²) in [6.07, 6.45) is 0.957. The van der Waals surface area contributed by atoms with Gasteiger partial charge in [-0.05, 0) is 56.3 Å². The molecule has 5 atom stereocenters. The molecule has 21 heteroatoms. The molecule has 21 nitrogen and oxygen atoms in total. The Morgan fingerprint density at radius 2 is 0.944 bits per heavy atom. The molecule has 0 aliphatic carbocycles. The molecule has 54 heavy (non-hydrogen) atoms. The van der Waals surface area contributed by atoms with Crippen molar-refractivity contribution < 1.29 is 38.7 Å². The van der Waals surface area contributed by atoms with Crippen LogP contribution in [0.5, 0.6) is 0 Å². The predicted molar refractivity (Wildman–Crippen MR) is 203 cm³/mol.